The SMILES string of the molecule is O=S(=O)(CCOc1ccccc1)Nc1ccc(OC(F)(F)F)cc1. The van der Waals surface area contributed by atoms with Crippen LogP contribution < -0.4 is 14.2 Å². The molecule has 130 valence electrons. The number of alkyl halides is 3. The number of hydrogen-bond donors (Lipinski definition) is 1. The predicted octanol–water partition coefficient (Wildman–Crippen LogP) is 3.41. The number of ether oxygens (including phenoxy) is 2. The van der Waals surface area contributed by atoms with Gasteiger partial charge in [0.2, 0.25) is 10.0 Å². The summed E-state index contributed by atoms with van der Waals surface area (Å²) >= 11 is 0. The van der Waals surface area contributed by atoms with Crippen molar-refractivity contribution in [2.45, 2.75) is 6.36 Å². The maximum absolute atomic E-state index is 12.0. The molecule has 0 aliphatic heterocycles. The molecule has 0 amide bonds. The molecule has 2 rings (SSSR count). The van der Waals surface area contributed by atoms with Crippen LogP contribution in [0.15, 0.2) is 54.6 Å². The second-order valence-electron chi connectivity index (χ2n) is 4.65. The highest BCUT2D eigenvalue weighted by molar-refractivity contribution is 7.92. The molecule has 0 atom stereocenters. The Bertz CT molecular complexity index is 747. The molecule has 9 heteroatoms. The van der Waals surface area contributed by atoms with Crippen LogP contribution in [0.4, 0.5) is 18.9 Å². The maximum Gasteiger partial charge on any atom is 0.573 e. The molecule has 0 bridgehead atoms. The normalized spacial score (nSPS) is 11.8. The highest BCUT2D eigenvalue weighted by atomic mass is 32.2. The molecule has 0 saturated carbocycles. The molecule has 0 aliphatic rings. The molecule has 0 radical (unpaired) electrons. The molecule has 0 aromatic heterocycles. The molecular formula is C15H14F3NO4S. The van der Waals surface area contributed by atoms with Gasteiger partial charge in [0.05, 0.1) is 0 Å². The first-order valence-electron chi connectivity index (χ1n) is 6.78. The zero-order chi connectivity index (χ0) is 17.6. The molecule has 0 heterocycles. The van der Waals surface area contributed by atoms with E-state index >= 15 is 0 Å². The van der Waals surface area contributed by atoms with Gasteiger partial charge >= 0.3 is 6.36 Å². The Balaban J connectivity index is 1.87. The van der Waals surface area contributed by atoms with E-state index < -0.39 is 22.1 Å². The van der Waals surface area contributed by atoms with Crippen LogP contribution in [-0.2, 0) is 10.0 Å². The van der Waals surface area contributed by atoms with Gasteiger partial charge in [-0.05, 0) is 36.4 Å². The number of hydrogen-bond acceptors (Lipinski definition) is 4. The summed E-state index contributed by atoms with van der Waals surface area (Å²) in [6, 6.07) is 13.1. The number of para-hydroxylation sites is 1. The topological polar surface area (TPSA) is 64.6 Å². The van der Waals surface area contributed by atoms with E-state index in [2.05, 4.69) is 9.46 Å². The number of anilines is 1. The molecular weight excluding hydrogens is 347 g/mol. The van der Waals surface area contributed by atoms with Crippen LogP contribution >= 0.6 is 0 Å². The van der Waals surface area contributed by atoms with Crippen molar-refractivity contribution in [3.63, 3.8) is 0 Å². The molecule has 5 nitrogen and oxygen atoms in total. The first kappa shape index (κ1) is 17.9. The largest absolute Gasteiger partial charge is 0.573 e. The highest BCUT2D eigenvalue weighted by Gasteiger charge is 2.31. The van der Waals surface area contributed by atoms with Crippen LogP contribution in [-0.4, -0.2) is 27.1 Å². The minimum Gasteiger partial charge on any atom is -0.492 e. The number of benzene rings is 2. The van der Waals surface area contributed by atoms with Crippen LogP contribution in [0.1, 0.15) is 0 Å². The lowest BCUT2D eigenvalue weighted by Gasteiger charge is -2.11. The van der Waals surface area contributed by atoms with Gasteiger partial charge < -0.3 is 9.47 Å². The number of sulfonamides is 1. The number of rotatable bonds is 7. The molecule has 2 aromatic rings. The average Bonchev–Trinajstić information content (AvgIpc) is 2.48. The lowest BCUT2D eigenvalue weighted by atomic mass is 10.3. The molecule has 0 fully saturated rings. The van der Waals surface area contributed by atoms with Gasteiger partial charge in [-0.3, -0.25) is 4.72 Å². The van der Waals surface area contributed by atoms with Crippen molar-refractivity contribution < 1.29 is 31.1 Å². The summed E-state index contributed by atoms with van der Waals surface area (Å²) in [5.74, 6) is -0.192. The lowest BCUT2D eigenvalue weighted by molar-refractivity contribution is -0.274. The van der Waals surface area contributed by atoms with Crippen LogP contribution in [0.25, 0.3) is 0 Å². The van der Waals surface area contributed by atoms with Crippen molar-refractivity contribution in [3.8, 4) is 11.5 Å². The molecule has 0 unspecified atom stereocenters. The molecule has 2 aromatic carbocycles. The van der Waals surface area contributed by atoms with Crippen molar-refractivity contribution in [2.75, 3.05) is 17.1 Å². The zero-order valence-corrected chi connectivity index (χ0v) is 13.1. The smallest absolute Gasteiger partial charge is 0.492 e. The van der Waals surface area contributed by atoms with Crippen LogP contribution in [0.5, 0.6) is 11.5 Å². The van der Waals surface area contributed by atoms with Crippen LogP contribution in [0, 0.1) is 0 Å². The first-order chi connectivity index (χ1) is 11.2. The van der Waals surface area contributed by atoms with Crippen molar-refractivity contribution in [2.24, 2.45) is 0 Å². The summed E-state index contributed by atoms with van der Waals surface area (Å²) in [4.78, 5) is 0. The van der Waals surface area contributed by atoms with E-state index in [0.29, 0.717) is 5.75 Å². The summed E-state index contributed by atoms with van der Waals surface area (Å²) in [6.07, 6.45) is -4.80. The maximum atomic E-state index is 12.0. The Morgan fingerprint density at radius 2 is 1.54 bits per heavy atom. The Morgan fingerprint density at radius 3 is 2.12 bits per heavy atom. The van der Waals surface area contributed by atoms with Crippen molar-refractivity contribution >= 4 is 15.7 Å². The summed E-state index contributed by atoms with van der Waals surface area (Å²) in [6.45, 7) is -0.0609. The molecule has 0 saturated heterocycles. The van der Waals surface area contributed by atoms with E-state index in [-0.39, 0.29) is 18.0 Å². The van der Waals surface area contributed by atoms with Gasteiger partial charge in [-0.1, -0.05) is 18.2 Å². The third-order valence-electron chi connectivity index (χ3n) is 2.73. The fraction of sp³-hybridized carbons (Fsp3) is 0.200. The van der Waals surface area contributed by atoms with Gasteiger partial charge in [0, 0.05) is 5.69 Å². The highest BCUT2D eigenvalue weighted by Crippen LogP contribution is 2.24. The summed E-state index contributed by atoms with van der Waals surface area (Å²) in [5, 5.41) is 0. The van der Waals surface area contributed by atoms with Gasteiger partial charge in [-0.2, -0.15) is 0 Å². The minimum absolute atomic E-state index is 0.0609. The molecule has 0 aliphatic carbocycles. The van der Waals surface area contributed by atoms with Crippen molar-refractivity contribution in [1.82, 2.24) is 0 Å². The van der Waals surface area contributed by atoms with Crippen molar-refractivity contribution in [3.05, 3.63) is 54.6 Å². The average molecular weight is 361 g/mol. The number of halogens is 3. The van der Waals surface area contributed by atoms with E-state index in [0.717, 1.165) is 12.1 Å². The Morgan fingerprint density at radius 1 is 0.917 bits per heavy atom. The van der Waals surface area contributed by atoms with E-state index in [1.807, 2.05) is 0 Å². The Hall–Kier alpha value is -2.42. The Kier molecular flexibility index (Phi) is 5.55. The van der Waals surface area contributed by atoms with Gasteiger partial charge in [0.15, 0.2) is 0 Å². The zero-order valence-electron chi connectivity index (χ0n) is 12.3. The minimum atomic E-state index is -4.80. The standard InChI is InChI=1S/C15H14F3NO4S/c16-15(17,18)23-14-8-6-12(7-9-14)19-24(20,21)11-10-22-13-4-2-1-3-5-13/h1-9,19H,10-11H2. The van der Waals surface area contributed by atoms with Gasteiger partial charge in [-0.25, -0.2) is 8.42 Å². The quantitative estimate of drug-likeness (QED) is 0.821. The fourth-order valence-corrected chi connectivity index (χ4v) is 2.64. The second-order valence-corrected chi connectivity index (χ2v) is 6.50. The third-order valence-corrected chi connectivity index (χ3v) is 3.98. The summed E-state index contributed by atoms with van der Waals surface area (Å²) in [5.41, 5.74) is 0.129. The second kappa shape index (κ2) is 7.43. The lowest BCUT2D eigenvalue weighted by Crippen LogP contribution is -2.21. The van der Waals surface area contributed by atoms with E-state index in [1.165, 1.54) is 12.1 Å². The van der Waals surface area contributed by atoms with E-state index in [1.54, 1.807) is 30.3 Å². The third kappa shape index (κ3) is 6.37. The van der Waals surface area contributed by atoms with Gasteiger partial charge in [0.25, 0.3) is 0 Å². The Labute approximate surface area is 137 Å². The van der Waals surface area contributed by atoms with Crippen molar-refractivity contribution in [1.29, 1.82) is 0 Å². The molecule has 1 N–H and O–H groups in total. The monoisotopic (exact) mass is 361 g/mol. The van der Waals surface area contributed by atoms with Gasteiger partial charge in [0.1, 0.15) is 23.9 Å². The first-order valence-corrected chi connectivity index (χ1v) is 8.43. The van der Waals surface area contributed by atoms with Crippen LogP contribution in [0.3, 0.4) is 0 Å². The summed E-state index contributed by atoms with van der Waals surface area (Å²) in [7, 11) is -3.69. The molecule has 24 heavy (non-hydrogen) atoms. The van der Waals surface area contributed by atoms with E-state index in [9.17, 15) is 21.6 Å². The fourth-order valence-electron chi connectivity index (χ4n) is 1.74. The summed E-state index contributed by atoms with van der Waals surface area (Å²) < 4.78 is 71.2. The number of nitrogens with one attached hydrogen (secondary N) is 1. The van der Waals surface area contributed by atoms with Crippen LogP contribution in [0.2, 0.25) is 0 Å². The van der Waals surface area contributed by atoms with E-state index in [4.69, 9.17) is 4.74 Å². The van der Waals surface area contributed by atoms with Gasteiger partial charge in [-0.15, -0.1) is 13.2 Å². The molecule has 0 spiro atoms. The predicted molar refractivity (Wildman–Crippen MR) is 82.5 cm³/mol.